The van der Waals surface area contributed by atoms with E-state index in [0.717, 1.165) is 5.56 Å². The summed E-state index contributed by atoms with van der Waals surface area (Å²) in [6.07, 6.45) is -0.800. The molecule has 0 bridgehead atoms. The highest BCUT2D eigenvalue weighted by Crippen LogP contribution is 2.40. The summed E-state index contributed by atoms with van der Waals surface area (Å²) in [7, 11) is 3.11. The minimum atomic E-state index is -0.998. The normalized spacial score (nSPS) is 15.7. The van der Waals surface area contributed by atoms with Gasteiger partial charge in [0.1, 0.15) is 11.9 Å². The number of nitro groups is 1. The average molecular weight is 574 g/mol. The standard InChI is InChI=1S/C32H32FN3O6/c1-20-28(31(37)41-4)30(24-11-8-12-26(17-24)36(39)40)29(21(2)34-20)32(38)42-27(23-13-15-25(33)16-14-23)19-35(3)18-22-9-6-5-7-10-22/h5-17,27,30,34H,18-19H2,1-4H3. The lowest BCUT2D eigenvalue weighted by atomic mass is 9.80. The molecule has 0 fully saturated rings. The number of halogens is 1. The number of hydrogen-bond acceptors (Lipinski definition) is 8. The maximum atomic E-state index is 14.0. The number of nitrogens with one attached hydrogen (secondary N) is 1. The molecule has 42 heavy (non-hydrogen) atoms. The van der Waals surface area contributed by atoms with E-state index in [0.29, 0.717) is 29.1 Å². The number of nitro benzene ring substituents is 1. The van der Waals surface area contributed by atoms with Crippen LogP contribution in [0.1, 0.15) is 42.6 Å². The van der Waals surface area contributed by atoms with Gasteiger partial charge in [-0.05, 0) is 49.7 Å². The maximum Gasteiger partial charge on any atom is 0.337 e. The quantitative estimate of drug-likeness (QED) is 0.191. The molecule has 1 aliphatic rings. The molecule has 0 aromatic heterocycles. The van der Waals surface area contributed by atoms with Crippen LogP contribution in [-0.4, -0.2) is 42.5 Å². The lowest BCUT2D eigenvalue weighted by molar-refractivity contribution is -0.384. The number of non-ortho nitro benzene ring substituents is 1. The van der Waals surface area contributed by atoms with Crippen molar-refractivity contribution < 1.29 is 28.4 Å². The van der Waals surface area contributed by atoms with Gasteiger partial charge < -0.3 is 14.8 Å². The molecule has 218 valence electrons. The fourth-order valence-corrected chi connectivity index (χ4v) is 5.12. The van der Waals surface area contributed by atoms with E-state index in [9.17, 15) is 24.1 Å². The number of benzene rings is 3. The molecule has 0 saturated carbocycles. The van der Waals surface area contributed by atoms with E-state index in [1.807, 2.05) is 42.3 Å². The smallest absolute Gasteiger partial charge is 0.337 e. The van der Waals surface area contributed by atoms with E-state index in [2.05, 4.69) is 5.32 Å². The van der Waals surface area contributed by atoms with Crippen LogP contribution in [0.5, 0.6) is 0 Å². The number of ether oxygens (including phenoxy) is 2. The molecule has 1 N–H and O–H groups in total. The lowest BCUT2D eigenvalue weighted by Crippen LogP contribution is -2.34. The predicted molar refractivity (Wildman–Crippen MR) is 154 cm³/mol. The lowest BCUT2D eigenvalue weighted by Gasteiger charge is -2.32. The van der Waals surface area contributed by atoms with Gasteiger partial charge in [-0.3, -0.25) is 15.0 Å². The summed E-state index contributed by atoms with van der Waals surface area (Å²) in [5, 5.41) is 14.6. The van der Waals surface area contributed by atoms with Gasteiger partial charge >= 0.3 is 11.9 Å². The van der Waals surface area contributed by atoms with Crippen molar-refractivity contribution in [2.45, 2.75) is 32.4 Å². The molecule has 0 saturated heterocycles. The summed E-state index contributed by atoms with van der Waals surface area (Å²) in [4.78, 5) is 40.0. The second-order valence-electron chi connectivity index (χ2n) is 10.1. The Labute approximate surface area is 243 Å². The second kappa shape index (κ2) is 13.2. The SMILES string of the molecule is COC(=O)C1=C(C)NC(C)=C(C(=O)OC(CN(C)Cc2ccccc2)c2ccc(F)cc2)C1c1cccc([N+](=O)[O-])c1. The number of carbonyl (C=O) groups is 2. The van der Waals surface area contributed by atoms with Gasteiger partial charge in [-0.1, -0.05) is 54.6 Å². The van der Waals surface area contributed by atoms with Gasteiger partial charge in [0.15, 0.2) is 0 Å². The Morgan fingerprint density at radius 1 is 0.976 bits per heavy atom. The molecule has 10 heteroatoms. The predicted octanol–water partition coefficient (Wildman–Crippen LogP) is 5.56. The molecule has 1 heterocycles. The third-order valence-electron chi connectivity index (χ3n) is 7.06. The summed E-state index contributed by atoms with van der Waals surface area (Å²) in [5.74, 6) is -2.84. The van der Waals surface area contributed by atoms with Crippen LogP contribution in [0.25, 0.3) is 0 Å². The number of esters is 2. The largest absolute Gasteiger partial charge is 0.466 e. The highest BCUT2D eigenvalue weighted by molar-refractivity contribution is 6.00. The fraction of sp³-hybridized carbons (Fsp3) is 0.250. The van der Waals surface area contributed by atoms with E-state index in [1.165, 1.54) is 37.4 Å². The number of likely N-dealkylation sites (N-methyl/N-ethyl adjacent to an activating group) is 1. The van der Waals surface area contributed by atoms with Crippen LogP contribution in [0.2, 0.25) is 0 Å². The van der Waals surface area contributed by atoms with Crippen LogP contribution in [-0.2, 0) is 25.6 Å². The summed E-state index contributed by atoms with van der Waals surface area (Å²) < 4.78 is 24.9. The second-order valence-corrected chi connectivity index (χ2v) is 10.1. The van der Waals surface area contributed by atoms with Crippen molar-refractivity contribution in [3.63, 3.8) is 0 Å². The number of rotatable bonds is 10. The van der Waals surface area contributed by atoms with Crippen molar-refractivity contribution in [3.05, 3.63) is 134 Å². The highest BCUT2D eigenvalue weighted by Gasteiger charge is 2.39. The topological polar surface area (TPSA) is 111 Å². The Bertz CT molecular complexity index is 1540. The minimum absolute atomic E-state index is 0.110. The van der Waals surface area contributed by atoms with Crippen molar-refractivity contribution in [1.82, 2.24) is 10.2 Å². The third-order valence-corrected chi connectivity index (χ3v) is 7.06. The maximum absolute atomic E-state index is 14.0. The van der Waals surface area contributed by atoms with Gasteiger partial charge in [0.25, 0.3) is 5.69 Å². The molecule has 4 rings (SSSR count). The molecule has 2 atom stereocenters. The summed E-state index contributed by atoms with van der Waals surface area (Å²) in [6.45, 7) is 4.20. The zero-order chi connectivity index (χ0) is 30.4. The van der Waals surface area contributed by atoms with Gasteiger partial charge in [-0.15, -0.1) is 0 Å². The van der Waals surface area contributed by atoms with Crippen LogP contribution in [0.15, 0.2) is 101 Å². The molecule has 0 amide bonds. The van der Waals surface area contributed by atoms with Crippen molar-refractivity contribution in [2.75, 3.05) is 20.7 Å². The first-order valence-electron chi connectivity index (χ1n) is 13.3. The first-order valence-corrected chi connectivity index (χ1v) is 13.3. The Kier molecular flexibility index (Phi) is 9.49. The van der Waals surface area contributed by atoms with Gasteiger partial charge in [-0.25, -0.2) is 14.0 Å². The molecule has 2 unspecified atom stereocenters. The van der Waals surface area contributed by atoms with E-state index in [4.69, 9.17) is 9.47 Å². The number of carbonyl (C=O) groups excluding carboxylic acids is 2. The summed E-state index contributed by atoms with van der Waals surface area (Å²) in [6, 6.07) is 21.3. The molecule has 1 aliphatic heterocycles. The molecular formula is C32H32FN3O6. The van der Waals surface area contributed by atoms with Crippen molar-refractivity contribution in [2.24, 2.45) is 0 Å². The van der Waals surface area contributed by atoms with Crippen LogP contribution < -0.4 is 5.32 Å². The van der Waals surface area contributed by atoms with Crippen LogP contribution in [0.3, 0.4) is 0 Å². The van der Waals surface area contributed by atoms with E-state index in [1.54, 1.807) is 32.0 Å². The van der Waals surface area contributed by atoms with Gasteiger partial charge in [0.05, 0.1) is 29.1 Å². The zero-order valence-electron chi connectivity index (χ0n) is 23.8. The molecule has 9 nitrogen and oxygen atoms in total. The third kappa shape index (κ3) is 6.90. The summed E-state index contributed by atoms with van der Waals surface area (Å²) in [5.41, 5.74) is 2.93. The molecule has 3 aromatic carbocycles. The molecule has 0 radical (unpaired) electrons. The van der Waals surface area contributed by atoms with Gasteiger partial charge in [0.2, 0.25) is 0 Å². The van der Waals surface area contributed by atoms with Crippen molar-refractivity contribution in [3.8, 4) is 0 Å². The van der Waals surface area contributed by atoms with Gasteiger partial charge in [0, 0.05) is 36.6 Å². The number of hydrogen-bond donors (Lipinski definition) is 1. The van der Waals surface area contributed by atoms with E-state index >= 15 is 0 Å². The number of dihydropyridines is 1. The van der Waals surface area contributed by atoms with Gasteiger partial charge in [-0.2, -0.15) is 0 Å². The first-order chi connectivity index (χ1) is 20.1. The van der Waals surface area contributed by atoms with Crippen LogP contribution in [0, 0.1) is 15.9 Å². The fourth-order valence-electron chi connectivity index (χ4n) is 5.12. The van der Waals surface area contributed by atoms with Crippen LogP contribution >= 0.6 is 0 Å². The minimum Gasteiger partial charge on any atom is -0.466 e. The van der Waals surface area contributed by atoms with Crippen molar-refractivity contribution >= 4 is 17.6 Å². The molecular weight excluding hydrogens is 541 g/mol. The molecule has 0 spiro atoms. The van der Waals surface area contributed by atoms with E-state index in [-0.39, 0.29) is 23.4 Å². The Morgan fingerprint density at radius 2 is 1.62 bits per heavy atom. The van der Waals surface area contributed by atoms with Crippen LogP contribution in [0.4, 0.5) is 10.1 Å². The Hall–Kier alpha value is -4.83. The number of methoxy groups -OCH3 is 1. The van der Waals surface area contributed by atoms with E-state index < -0.39 is 34.7 Å². The zero-order valence-corrected chi connectivity index (χ0v) is 23.8. The summed E-state index contributed by atoms with van der Waals surface area (Å²) >= 11 is 0. The average Bonchev–Trinajstić information content (AvgIpc) is 2.97. The molecule has 3 aromatic rings. The number of nitrogens with zero attached hydrogens (tertiary/aromatic N) is 2. The monoisotopic (exact) mass is 573 g/mol. The number of allylic oxidation sites excluding steroid dienone is 2. The first kappa shape index (κ1) is 30.1. The van der Waals surface area contributed by atoms with Crippen molar-refractivity contribution in [1.29, 1.82) is 0 Å². The Balaban J connectivity index is 1.72. The highest BCUT2D eigenvalue weighted by atomic mass is 19.1. The Morgan fingerprint density at radius 3 is 2.24 bits per heavy atom. The molecule has 0 aliphatic carbocycles.